The van der Waals surface area contributed by atoms with Crippen molar-refractivity contribution in [2.24, 2.45) is 5.92 Å². The van der Waals surface area contributed by atoms with E-state index in [0.29, 0.717) is 12.8 Å². The lowest BCUT2D eigenvalue weighted by Gasteiger charge is -2.21. The first kappa shape index (κ1) is 14.4. The van der Waals surface area contributed by atoms with Gasteiger partial charge in [0.25, 0.3) is 0 Å². The SMILES string of the molecule is CC.CCCC(CC)C(C)(F)F. The van der Waals surface area contributed by atoms with E-state index in [4.69, 9.17) is 0 Å². The largest absolute Gasteiger partial charge is 0.248 e. The Bertz CT molecular complexity index is 84.3. The second kappa shape index (κ2) is 7.51. The highest BCUT2D eigenvalue weighted by atomic mass is 19.3. The van der Waals surface area contributed by atoms with Crippen LogP contribution in [0, 0.1) is 5.92 Å². The summed E-state index contributed by atoms with van der Waals surface area (Å²) in [5.41, 5.74) is 0. The summed E-state index contributed by atoms with van der Waals surface area (Å²) in [5.74, 6) is -2.90. The molecule has 0 heterocycles. The van der Waals surface area contributed by atoms with Crippen molar-refractivity contribution in [1.29, 1.82) is 0 Å². The third-order valence-corrected chi connectivity index (χ3v) is 1.85. The van der Waals surface area contributed by atoms with Gasteiger partial charge in [0.1, 0.15) is 0 Å². The maximum absolute atomic E-state index is 12.6. The van der Waals surface area contributed by atoms with E-state index in [1.165, 1.54) is 0 Å². The van der Waals surface area contributed by atoms with Gasteiger partial charge in [-0.1, -0.05) is 34.1 Å². The summed E-state index contributed by atoms with van der Waals surface area (Å²) in [6.45, 7) is 8.77. The molecule has 0 aliphatic rings. The summed E-state index contributed by atoms with van der Waals surface area (Å²) in [7, 11) is 0. The van der Waals surface area contributed by atoms with Gasteiger partial charge in [-0.2, -0.15) is 0 Å². The molecule has 0 amide bonds. The number of halogens is 2. The summed E-state index contributed by atoms with van der Waals surface area (Å²) >= 11 is 0. The highest BCUT2D eigenvalue weighted by Crippen LogP contribution is 2.29. The molecule has 0 saturated carbocycles. The van der Waals surface area contributed by atoms with Crippen LogP contribution in [0.3, 0.4) is 0 Å². The molecule has 2 heteroatoms. The van der Waals surface area contributed by atoms with E-state index in [2.05, 4.69) is 0 Å². The lowest BCUT2D eigenvalue weighted by Crippen LogP contribution is -2.23. The minimum atomic E-state index is -2.48. The zero-order valence-corrected chi connectivity index (χ0v) is 8.95. The Morgan fingerprint density at radius 2 is 1.58 bits per heavy atom. The van der Waals surface area contributed by atoms with E-state index in [1.807, 2.05) is 27.7 Å². The first-order valence-corrected chi connectivity index (χ1v) is 4.90. The molecule has 0 aliphatic heterocycles. The van der Waals surface area contributed by atoms with E-state index in [0.717, 1.165) is 13.3 Å². The normalized spacial score (nSPS) is 13.2. The third kappa shape index (κ3) is 6.56. The van der Waals surface area contributed by atoms with E-state index in [-0.39, 0.29) is 0 Å². The molecule has 76 valence electrons. The second-order valence-corrected chi connectivity index (χ2v) is 2.85. The minimum Gasteiger partial charge on any atom is -0.207 e. The van der Waals surface area contributed by atoms with Crippen molar-refractivity contribution < 1.29 is 8.78 Å². The van der Waals surface area contributed by atoms with Gasteiger partial charge in [0, 0.05) is 5.92 Å². The molecule has 0 rings (SSSR count). The monoisotopic (exact) mass is 180 g/mol. The van der Waals surface area contributed by atoms with Crippen molar-refractivity contribution in [1.82, 2.24) is 0 Å². The summed E-state index contributed by atoms with van der Waals surface area (Å²) in [6, 6.07) is 0. The van der Waals surface area contributed by atoms with E-state index < -0.39 is 11.8 Å². The standard InChI is InChI=1S/C8H16F2.C2H6/c1-4-6-7(5-2)8(3,9)10;1-2/h7H,4-6H2,1-3H3;1-2H3. The van der Waals surface area contributed by atoms with Crippen molar-refractivity contribution in [2.75, 3.05) is 0 Å². The van der Waals surface area contributed by atoms with Crippen LogP contribution in [0.1, 0.15) is 53.9 Å². The Balaban J connectivity index is 0. The Hall–Kier alpha value is -0.140. The maximum Gasteiger partial charge on any atom is 0.248 e. The van der Waals surface area contributed by atoms with Crippen LogP contribution in [-0.2, 0) is 0 Å². The van der Waals surface area contributed by atoms with Gasteiger partial charge in [-0.3, -0.25) is 0 Å². The molecule has 0 aliphatic carbocycles. The lowest BCUT2D eigenvalue weighted by atomic mass is 9.95. The van der Waals surface area contributed by atoms with Gasteiger partial charge in [0.05, 0.1) is 0 Å². The number of alkyl halides is 2. The molecule has 0 radical (unpaired) electrons. The van der Waals surface area contributed by atoms with Crippen molar-refractivity contribution in [3.05, 3.63) is 0 Å². The Morgan fingerprint density at radius 1 is 1.17 bits per heavy atom. The maximum atomic E-state index is 12.6. The molecule has 0 fully saturated rings. The van der Waals surface area contributed by atoms with Crippen molar-refractivity contribution >= 4 is 0 Å². The van der Waals surface area contributed by atoms with Crippen molar-refractivity contribution in [3.63, 3.8) is 0 Å². The molecule has 0 aromatic heterocycles. The lowest BCUT2D eigenvalue weighted by molar-refractivity contribution is -0.0443. The van der Waals surface area contributed by atoms with Crippen LogP contribution in [-0.4, -0.2) is 5.92 Å². The van der Waals surface area contributed by atoms with Crippen LogP contribution in [0.2, 0.25) is 0 Å². The van der Waals surface area contributed by atoms with Gasteiger partial charge in [-0.15, -0.1) is 0 Å². The number of rotatable bonds is 4. The van der Waals surface area contributed by atoms with Gasteiger partial charge in [-0.25, -0.2) is 8.78 Å². The highest BCUT2D eigenvalue weighted by molar-refractivity contribution is 4.70. The van der Waals surface area contributed by atoms with Gasteiger partial charge < -0.3 is 0 Å². The van der Waals surface area contributed by atoms with Crippen molar-refractivity contribution in [2.45, 2.75) is 59.8 Å². The molecule has 0 bridgehead atoms. The fourth-order valence-corrected chi connectivity index (χ4v) is 1.16. The Labute approximate surface area is 75.4 Å². The summed E-state index contributed by atoms with van der Waals surface area (Å²) in [6.07, 6.45) is 2.07. The summed E-state index contributed by atoms with van der Waals surface area (Å²) < 4.78 is 25.1. The smallest absolute Gasteiger partial charge is 0.207 e. The first-order chi connectivity index (χ1) is 5.52. The summed E-state index contributed by atoms with van der Waals surface area (Å²) in [5, 5.41) is 0. The average molecular weight is 180 g/mol. The van der Waals surface area contributed by atoms with Crippen LogP contribution in [0.4, 0.5) is 8.78 Å². The van der Waals surface area contributed by atoms with Crippen LogP contribution in [0.15, 0.2) is 0 Å². The topological polar surface area (TPSA) is 0 Å². The van der Waals surface area contributed by atoms with Crippen LogP contribution in [0.25, 0.3) is 0 Å². The molecule has 0 aromatic rings. The predicted octanol–water partition coefficient (Wildman–Crippen LogP) is 4.49. The molecular formula is C10H22F2. The molecule has 0 aromatic carbocycles. The number of hydrogen-bond donors (Lipinski definition) is 0. The summed E-state index contributed by atoms with van der Waals surface area (Å²) in [4.78, 5) is 0. The van der Waals surface area contributed by atoms with Crippen LogP contribution < -0.4 is 0 Å². The van der Waals surface area contributed by atoms with E-state index >= 15 is 0 Å². The van der Waals surface area contributed by atoms with Gasteiger partial charge >= 0.3 is 0 Å². The number of hydrogen-bond acceptors (Lipinski definition) is 0. The van der Waals surface area contributed by atoms with Gasteiger partial charge in [-0.05, 0) is 19.8 Å². The average Bonchev–Trinajstić information content (AvgIpc) is 2.02. The molecule has 0 N–H and O–H groups in total. The molecule has 1 atom stereocenters. The quantitative estimate of drug-likeness (QED) is 0.597. The zero-order valence-electron chi connectivity index (χ0n) is 8.95. The third-order valence-electron chi connectivity index (χ3n) is 1.85. The molecule has 0 saturated heterocycles. The second-order valence-electron chi connectivity index (χ2n) is 2.85. The van der Waals surface area contributed by atoms with Crippen LogP contribution >= 0.6 is 0 Å². The van der Waals surface area contributed by atoms with Gasteiger partial charge in [0.2, 0.25) is 5.92 Å². The highest BCUT2D eigenvalue weighted by Gasteiger charge is 2.31. The van der Waals surface area contributed by atoms with Crippen LogP contribution in [0.5, 0.6) is 0 Å². The Kier molecular flexibility index (Phi) is 9.00. The van der Waals surface area contributed by atoms with Gasteiger partial charge in [0.15, 0.2) is 0 Å². The molecule has 0 nitrogen and oxygen atoms in total. The zero-order chi connectivity index (χ0) is 10.2. The predicted molar refractivity (Wildman–Crippen MR) is 50.7 cm³/mol. The Morgan fingerprint density at radius 3 is 1.67 bits per heavy atom. The van der Waals surface area contributed by atoms with E-state index in [1.54, 1.807) is 0 Å². The molecule has 1 unspecified atom stereocenters. The molecule has 12 heavy (non-hydrogen) atoms. The minimum absolute atomic E-state index is 0.419. The fraction of sp³-hybridized carbons (Fsp3) is 1.00. The fourth-order valence-electron chi connectivity index (χ4n) is 1.16. The van der Waals surface area contributed by atoms with E-state index in [9.17, 15) is 8.78 Å². The molecular weight excluding hydrogens is 158 g/mol. The van der Waals surface area contributed by atoms with Crippen molar-refractivity contribution in [3.8, 4) is 0 Å². The first-order valence-electron chi connectivity index (χ1n) is 4.90. The molecule has 0 spiro atoms.